The van der Waals surface area contributed by atoms with E-state index in [0.29, 0.717) is 5.75 Å². The van der Waals surface area contributed by atoms with Gasteiger partial charge in [0.1, 0.15) is 17.6 Å². The van der Waals surface area contributed by atoms with Gasteiger partial charge >= 0.3 is 0 Å². The fourth-order valence-electron chi connectivity index (χ4n) is 3.47. The highest BCUT2D eigenvalue weighted by molar-refractivity contribution is 5.53. The number of ether oxygens (including phenoxy) is 1. The number of nitro groups is 1. The smallest absolute Gasteiger partial charge is 0.273 e. The highest BCUT2D eigenvalue weighted by atomic mass is 16.6. The van der Waals surface area contributed by atoms with Gasteiger partial charge in [-0.3, -0.25) is 10.1 Å². The summed E-state index contributed by atoms with van der Waals surface area (Å²) in [6.45, 7) is 1.98. The van der Waals surface area contributed by atoms with Crippen molar-refractivity contribution in [2.45, 2.75) is 19.4 Å². The summed E-state index contributed by atoms with van der Waals surface area (Å²) in [5.41, 5.74) is 3.95. The molecule has 0 aliphatic carbocycles. The van der Waals surface area contributed by atoms with Gasteiger partial charge in [0.15, 0.2) is 0 Å². The number of methoxy groups -OCH3 is 1. The van der Waals surface area contributed by atoms with Crippen molar-refractivity contribution in [1.29, 1.82) is 0 Å². The zero-order valence-electron chi connectivity index (χ0n) is 15.6. The first kappa shape index (κ1) is 17.8. The van der Waals surface area contributed by atoms with Crippen molar-refractivity contribution in [3.05, 3.63) is 93.3 Å². The summed E-state index contributed by atoms with van der Waals surface area (Å²) < 4.78 is 7.34. The number of hydrogen-bond acceptors (Lipinski definition) is 5. The highest BCUT2D eigenvalue weighted by Crippen LogP contribution is 2.37. The molecule has 1 aliphatic rings. The second kappa shape index (κ2) is 7.19. The van der Waals surface area contributed by atoms with Gasteiger partial charge < -0.3 is 10.1 Å². The van der Waals surface area contributed by atoms with Crippen molar-refractivity contribution in [3.63, 3.8) is 0 Å². The summed E-state index contributed by atoms with van der Waals surface area (Å²) in [5.74, 6) is 1.35. The molecule has 1 aliphatic heterocycles. The van der Waals surface area contributed by atoms with Gasteiger partial charge in [0.2, 0.25) is 0 Å². The number of fused-ring (bicyclic) bond motifs is 1. The standard InChI is InChI=1S/C21H20N4O3/c1-14-10-19(18-9-8-17(25(26)27)13-20(18)28-2)24-21(22-14)12-16(23-24)11-15-6-4-3-5-7-15/h3-10,12-13,19,22H,11H2,1-2H3. The molecule has 142 valence electrons. The van der Waals surface area contributed by atoms with Gasteiger partial charge in [-0.05, 0) is 24.6 Å². The van der Waals surface area contributed by atoms with Gasteiger partial charge in [-0.1, -0.05) is 30.3 Å². The first-order valence-electron chi connectivity index (χ1n) is 8.95. The molecule has 0 saturated carbocycles. The van der Waals surface area contributed by atoms with Gasteiger partial charge in [-0.25, -0.2) is 4.68 Å². The molecule has 3 aromatic rings. The number of hydrogen-bond donors (Lipinski definition) is 1. The molecule has 2 heterocycles. The minimum atomic E-state index is -0.423. The van der Waals surface area contributed by atoms with Crippen LogP contribution >= 0.6 is 0 Å². The molecule has 1 atom stereocenters. The molecule has 0 fully saturated rings. The van der Waals surface area contributed by atoms with Crippen LogP contribution in [0.2, 0.25) is 0 Å². The Bertz CT molecular complexity index is 1060. The molecule has 1 aromatic heterocycles. The summed E-state index contributed by atoms with van der Waals surface area (Å²) in [4.78, 5) is 10.7. The number of allylic oxidation sites excluding steroid dienone is 2. The average molecular weight is 376 g/mol. The lowest BCUT2D eigenvalue weighted by atomic mass is 10.0. The summed E-state index contributed by atoms with van der Waals surface area (Å²) in [6.07, 6.45) is 2.77. The predicted molar refractivity (Wildman–Crippen MR) is 107 cm³/mol. The third-order valence-corrected chi connectivity index (χ3v) is 4.76. The molecule has 2 aromatic carbocycles. The molecule has 7 nitrogen and oxygen atoms in total. The molecular weight excluding hydrogens is 356 g/mol. The molecule has 1 unspecified atom stereocenters. The first-order chi connectivity index (χ1) is 13.5. The van der Waals surface area contributed by atoms with Crippen LogP contribution in [0.4, 0.5) is 11.5 Å². The number of aromatic nitrogens is 2. The van der Waals surface area contributed by atoms with E-state index in [2.05, 4.69) is 17.4 Å². The Kier molecular flexibility index (Phi) is 4.57. The molecule has 0 bridgehead atoms. The Hall–Kier alpha value is -3.61. The monoisotopic (exact) mass is 376 g/mol. The number of benzene rings is 2. The summed E-state index contributed by atoms with van der Waals surface area (Å²) >= 11 is 0. The second-order valence-electron chi connectivity index (χ2n) is 6.73. The lowest BCUT2D eigenvalue weighted by Crippen LogP contribution is -2.20. The normalized spacial score (nSPS) is 15.4. The SMILES string of the molecule is COc1cc([N+](=O)[O-])ccc1C1C=C(C)Nc2cc(Cc3ccccc3)nn21. The van der Waals surface area contributed by atoms with E-state index in [-0.39, 0.29) is 11.7 Å². The highest BCUT2D eigenvalue weighted by Gasteiger charge is 2.25. The molecule has 4 rings (SSSR count). The molecule has 7 heteroatoms. The molecule has 28 heavy (non-hydrogen) atoms. The van der Waals surface area contributed by atoms with Crippen LogP contribution < -0.4 is 10.1 Å². The van der Waals surface area contributed by atoms with E-state index in [0.717, 1.165) is 29.2 Å². The zero-order valence-corrected chi connectivity index (χ0v) is 15.6. The van der Waals surface area contributed by atoms with Crippen molar-refractivity contribution >= 4 is 11.5 Å². The van der Waals surface area contributed by atoms with Crippen LogP contribution in [0, 0.1) is 10.1 Å². The van der Waals surface area contributed by atoms with Crippen LogP contribution in [0.15, 0.2) is 66.4 Å². The fourth-order valence-corrected chi connectivity index (χ4v) is 3.47. The van der Waals surface area contributed by atoms with E-state index < -0.39 is 4.92 Å². The molecule has 0 radical (unpaired) electrons. The molecule has 0 saturated heterocycles. The maximum Gasteiger partial charge on any atom is 0.273 e. The molecule has 1 N–H and O–H groups in total. The van der Waals surface area contributed by atoms with Crippen molar-refractivity contribution in [2.75, 3.05) is 12.4 Å². The molecule has 0 amide bonds. The van der Waals surface area contributed by atoms with Crippen molar-refractivity contribution < 1.29 is 9.66 Å². The molecular formula is C21H20N4O3. The van der Waals surface area contributed by atoms with Gasteiger partial charge in [0.05, 0.1) is 23.8 Å². The Balaban J connectivity index is 1.73. The number of nitrogens with zero attached hydrogens (tertiary/aromatic N) is 3. The van der Waals surface area contributed by atoms with Crippen LogP contribution in [0.5, 0.6) is 5.75 Å². The minimum absolute atomic E-state index is 0.000640. The number of nitrogens with one attached hydrogen (secondary N) is 1. The minimum Gasteiger partial charge on any atom is -0.496 e. The first-order valence-corrected chi connectivity index (χ1v) is 8.95. The van der Waals surface area contributed by atoms with Crippen LogP contribution in [-0.2, 0) is 6.42 Å². The van der Waals surface area contributed by atoms with E-state index in [1.807, 2.05) is 41.9 Å². The Morgan fingerprint density at radius 1 is 1.21 bits per heavy atom. The predicted octanol–water partition coefficient (Wildman–Crippen LogP) is 4.31. The summed E-state index contributed by atoms with van der Waals surface area (Å²) in [7, 11) is 1.52. The Morgan fingerprint density at radius 3 is 2.71 bits per heavy atom. The maximum absolute atomic E-state index is 11.1. The van der Waals surface area contributed by atoms with Crippen molar-refractivity contribution in [2.24, 2.45) is 0 Å². The van der Waals surface area contributed by atoms with Gasteiger partial charge in [0.25, 0.3) is 5.69 Å². The van der Waals surface area contributed by atoms with E-state index in [1.54, 1.807) is 6.07 Å². The lowest BCUT2D eigenvalue weighted by Gasteiger charge is -2.25. The third kappa shape index (κ3) is 3.34. The van der Waals surface area contributed by atoms with E-state index in [4.69, 9.17) is 9.84 Å². The van der Waals surface area contributed by atoms with Crippen LogP contribution in [0.1, 0.15) is 29.8 Å². The van der Waals surface area contributed by atoms with E-state index in [1.165, 1.54) is 24.8 Å². The van der Waals surface area contributed by atoms with Crippen molar-refractivity contribution in [3.8, 4) is 5.75 Å². The number of rotatable bonds is 5. The topological polar surface area (TPSA) is 82.2 Å². The van der Waals surface area contributed by atoms with Gasteiger partial charge in [-0.15, -0.1) is 0 Å². The van der Waals surface area contributed by atoms with Gasteiger partial charge in [0, 0.05) is 29.8 Å². The van der Waals surface area contributed by atoms with E-state index >= 15 is 0 Å². The van der Waals surface area contributed by atoms with Crippen LogP contribution in [-0.4, -0.2) is 21.8 Å². The zero-order chi connectivity index (χ0) is 19.7. The molecule has 0 spiro atoms. The lowest BCUT2D eigenvalue weighted by molar-refractivity contribution is -0.384. The Labute approximate surface area is 162 Å². The second-order valence-corrected chi connectivity index (χ2v) is 6.73. The number of nitro benzene ring substituents is 1. The largest absolute Gasteiger partial charge is 0.496 e. The van der Waals surface area contributed by atoms with Crippen molar-refractivity contribution in [1.82, 2.24) is 9.78 Å². The van der Waals surface area contributed by atoms with Gasteiger partial charge in [-0.2, -0.15) is 5.10 Å². The average Bonchev–Trinajstić information content (AvgIpc) is 3.09. The number of non-ortho nitro benzene ring substituents is 1. The third-order valence-electron chi connectivity index (χ3n) is 4.76. The van der Waals surface area contributed by atoms with E-state index in [9.17, 15) is 10.1 Å². The maximum atomic E-state index is 11.1. The quantitative estimate of drug-likeness (QED) is 0.530. The Morgan fingerprint density at radius 2 is 2.00 bits per heavy atom. The van der Waals surface area contributed by atoms with Crippen LogP contribution in [0.3, 0.4) is 0 Å². The number of anilines is 1. The summed E-state index contributed by atoms with van der Waals surface area (Å²) in [6, 6.07) is 16.7. The summed E-state index contributed by atoms with van der Waals surface area (Å²) in [5, 5.41) is 19.2. The van der Waals surface area contributed by atoms with Crippen LogP contribution in [0.25, 0.3) is 0 Å². The fraction of sp³-hybridized carbons (Fsp3) is 0.190.